The molecule has 0 aliphatic rings. The lowest BCUT2D eigenvalue weighted by molar-refractivity contribution is 0.782. The predicted octanol–water partition coefficient (Wildman–Crippen LogP) is 3.38. The molecule has 0 fully saturated rings. The lowest BCUT2D eigenvalue weighted by Crippen LogP contribution is -1.97. The summed E-state index contributed by atoms with van der Waals surface area (Å²) in [6.07, 6.45) is 3.51. The van der Waals surface area contributed by atoms with Gasteiger partial charge in [-0.3, -0.25) is 9.67 Å². The quantitative estimate of drug-likeness (QED) is 0.785. The Kier molecular flexibility index (Phi) is 3.16. The third-order valence-electron chi connectivity index (χ3n) is 3.16. The summed E-state index contributed by atoms with van der Waals surface area (Å²) in [5, 5.41) is 5.19. The monoisotopic (exact) mass is 284 g/mol. The molecule has 5 heteroatoms. The number of anilines is 1. The van der Waals surface area contributed by atoms with E-state index in [2.05, 4.69) is 10.1 Å². The van der Waals surface area contributed by atoms with Crippen LogP contribution in [-0.4, -0.2) is 14.8 Å². The first-order chi connectivity index (χ1) is 9.66. The van der Waals surface area contributed by atoms with Gasteiger partial charge >= 0.3 is 0 Å². The molecule has 0 atom stereocenters. The van der Waals surface area contributed by atoms with Gasteiger partial charge in [-0.1, -0.05) is 23.7 Å². The Labute approximate surface area is 121 Å². The molecule has 1 aromatic carbocycles. The van der Waals surface area contributed by atoms with Crippen molar-refractivity contribution in [3.63, 3.8) is 0 Å². The minimum Gasteiger partial charge on any atom is -0.383 e. The van der Waals surface area contributed by atoms with Crippen molar-refractivity contribution in [3.05, 3.63) is 53.8 Å². The van der Waals surface area contributed by atoms with Gasteiger partial charge in [0.15, 0.2) is 0 Å². The molecule has 3 aromatic rings. The maximum atomic E-state index is 6.16. The van der Waals surface area contributed by atoms with Gasteiger partial charge in [0.25, 0.3) is 0 Å². The molecule has 0 saturated heterocycles. The number of nitrogen functional groups attached to an aromatic ring is 1. The fourth-order valence-corrected chi connectivity index (χ4v) is 2.27. The highest BCUT2D eigenvalue weighted by Gasteiger charge is 2.17. The summed E-state index contributed by atoms with van der Waals surface area (Å²) >= 11 is 5.94. The van der Waals surface area contributed by atoms with E-state index in [0.29, 0.717) is 10.8 Å². The fraction of sp³-hybridized carbons (Fsp3) is 0.0667. The Bertz CT molecular complexity index is 733. The van der Waals surface area contributed by atoms with E-state index in [1.165, 1.54) is 0 Å². The molecular weight excluding hydrogens is 272 g/mol. The lowest BCUT2D eigenvalue weighted by atomic mass is 10.0. The van der Waals surface area contributed by atoms with Crippen molar-refractivity contribution in [3.8, 4) is 22.4 Å². The van der Waals surface area contributed by atoms with E-state index in [4.69, 9.17) is 17.3 Å². The first-order valence-electron chi connectivity index (χ1n) is 6.15. The van der Waals surface area contributed by atoms with Crippen LogP contribution in [0.5, 0.6) is 0 Å². The maximum Gasteiger partial charge on any atom is 0.129 e. The van der Waals surface area contributed by atoms with E-state index in [9.17, 15) is 0 Å². The van der Waals surface area contributed by atoms with E-state index in [1.807, 2.05) is 43.4 Å². The highest BCUT2D eigenvalue weighted by atomic mass is 35.5. The van der Waals surface area contributed by atoms with Crippen molar-refractivity contribution in [1.29, 1.82) is 0 Å². The molecule has 0 unspecified atom stereocenters. The van der Waals surface area contributed by atoms with E-state index < -0.39 is 0 Å². The summed E-state index contributed by atoms with van der Waals surface area (Å²) in [5.41, 5.74) is 9.80. The predicted molar refractivity (Wildman–Crippen MR) is 81.3 cm³/mol. The molecule has 4 nitrogen and oxygen atoms in total. The number of nitrogens with zero attached hydrogens (tertiary/aromatic N) is 3. The standard InChI is InChI=1S/C15H13ClN4/c1-20-15(17)13(10-4-6-12(16)7-5-10)14(19-20)11-3-2-8-18-9-11/h2-9H,17H2,1H3. The highest BCUT2D eigenvalue weighted by molar-refractivity contribution is 6.30. The number of hydrogen-bond acceptors (Lipinski definition) is 3. The van der Waals surface area contributed by atoms with Crippen LogP contribution in [0.15, 0.2) is 48.8 Å². The summed E-state index contributed by atoms with van der Waals surface area (Å²) < 4.78 is 1.67. The minimum atomic E-state index is 0.617. The minimum absolute atomic E-state index is 0.617. The first kappa shape index (κ1) is 12.7. The van der Waals surface area contributed by atoms with Crippen molar-refractivity contribution in [2.24, 2.45) is 7.05 Å². The molecule has 0 bridgehead atoms. The van der Waals surface area contributed by atoms with E-state index in [-0.39, 0.29) is 0 Å². The van der Waals surface area contributed by atoms with Crippen LogP contribution >= 0.6 is 11.6 Å². The van der Waals surface area contributed by atoms with Crippen LogP contribution in [0.1, 0.15) is 0 Å². The average molecular weight is 285 g/mol. The van der Waals surface area contributed by atoms with Crippen LogP contribution in [0.25, 0.3) is 22.4 Å². The lowest BCUT2D eigenvalue weighted by Gasteiger charge is -2.04. The molecule has 3 rings (SSSR count). The topological polar surface area (TPSA) is 56.7 Å². The molecule has 2 heterocycles. The molecule has 2 N–H and O–H groups in total. The van der Waals surface area contributed by atoms with Gasteiger partial charge < -0.3 is 5.73 Å². The second-order valence-electron chi connectivity index (χ2n) is 4.48. The number of aryl methyl sites for hydroxylation is 1. The normalized spacial score (nSPS) is 10.7. The fourth-order valence-electron chi connectivity index (χ4n) is 2.14. The molecule has 0 spiro atoms. The Morgan fingerprint density at radius 2 is 1.85 bits per heavy atom. The largest absolute Gasteiger partial charge is 0.383 e. The number of hydrogen-bond donors (Lipinski definition) is 1. The van der Waals surface area contributed by atoms with Crippen molar-refractivity contribution in [2.75, 3.05) is 5.73 Å². The van der Waals surface area contributed by atoms with E-state index in [1.54, 1.807) is 17.1 Å². The van der Waals surface area contributed by atoms with Crippen LogP contribution in [-0.2, 0) is 7.05 Å². The van der Waals surface area contributed by atoms with E-state index >= 15 is 0 Å². The number of aromatic nitrogens is 3. The Morgan fingerprint density at radius 3 is 2.50 bits per heavy atom. The van der Waals surface area contributed by atoms with Gasteiger partial charge in [-0.2, -0.15) is 5.10 Å². The summed E-state index contributed by atoms with van der Waals surface area (Å²) in [7, 11) is 1.83. The van der Waals surface area contributed by atoms with Crippen LogP contribution < -0.4 is 5.73 Å². The van der Waals surface area contributed by atoms with Crippen molar-refractivity contribution >= 4 is 17.4 Å². The van der Waals surface area contributed by atoms with Gasteiger partial charge in [0.2, 0.25) is 0 Å². The van der Waals surface area contributed by atoms with Gasteiger partial charge in [0.1, 0.15) is 11.5 Å². The second kappa shape index (κ2) is 4.98. The van der Waals surface area contributed by atoms with Gasteiger partial charge in [-0.15, -0.1) is 0 Å². The summed E-state index contributed by atoms with van der Waals surface area (Å²) in [5.74, 6) is 0.617. The SMILES string of the molecule is Cn1nc(-c2cccnc2)c(-c2ccc(Cl)cc2)c1N. The zero-order valence-electron chi connectivity index (χ0n) is 10.9. The van der Waals surface area contributed by atoms with Crippen LogP contribution in [0.3, 0.4) is 0 Å². The van der Waals surface area contributed by atoms with Gasteiger partial charge in [0, 0.05) is 30.0 Å². The number of benzene rings is 1. The van der Waals surface area contributed by atoms with Gasteiger partial charge in [-0.25, -0.2) is 0 Å². The molecule has 0 amide bonds. The Morgan fingerprint density at radius 1 is 1.10 bits per heavy atom. The highest BCUT2D eigenvalue weighted by Crippen LogP contribution is 2.35. The molecule has 0 aliphatic heterocycles. The van der Waals surface area contributed by atoms with Crippen molar-refractivity contribution < 1.29 is 0 Å². The molecule has 100 valence electrons. The second-order valence-corrected chi connectivity index (χ2v) is 4.92. The summed E-state index contributed by atoms with van der Waals surface area (Å²) in [4.78, 5) is 4.14. The molecule has 0 saturated carbocycles. The van der Waals surface area contributed by atoms with Crippen molar-refractivity contribution in [1.82, 2.24) is 14.8 Å². The average Bonchev–Trinajstić information content (AvgIpc) is 2.77. The smallest absolute Gasteiger partial charge is 0.129 e. The van der Waals surface area contributed by atoms with Crippen LogP contribution in [0, 0.1) is 0 Å². The van der Waals surface area contributed by atoms with Gasteiger partial charge in [-0.05, 0) is 29.8 Å². The first-order valence-corrected chi connectivity index (χ1v) is 6.53. The van der Waals surface area contributed by atoms with E-state index in [0.717, 1.165) is 22.4 Å². The Balaban J connectivity index is 2.22. The number of pyridine rings is 1. The molecule has 2 aromatic heterocycles. The Hall–Kier alpha value is -2.33. The van der Waals surface area contributed by atoms with Gasteiger partial charge in [0.05, 0.1) is 5.56 Å². The van der Waals surface area contributed by atoms with Crippen molar-refractivity contribution in [2.45, 2.75) is 0 Å². The zero-order chi connectivity index (χ0) is 14.1. The molecule has 0 aliphatic carbocycles. The number of nitrogens with two attached hydrogens (primary N) is 1. The van der Waals surface area contributed by atoms with Crippen LogP contribution in [0.2, 0.25) is 5.02 Å². The summed E-state index contributed by atoms with van der Waals surface area (Å²) in [6.45, 7) is 0. The number of halogens is 1. The molecule has 0 radical (unpaired) electrons. The zero-order valence-corrected chi connectivity index (χ0v) is 11.7. The summed E-state index contributed by atoms with van der Waals surface area (Å²) in [6, 6.07) is 11.4. The maximum absolute atomic E-state index is 6.16. The third kappa shape index (κ3) is 2.14. The third-order valence-corrected chi connectivity index (χ3v) is 3.41. The molecule has 20 heavy (non-hydrogen) atoms. The van der Waals surface area contributed by atoms with Crippen LogP contribution in [0.4, 0.5) is 5.82 Å². The number of rotatable bonds is 2. The molecular formula is C15H13ClN4.